The van der Waals surface area contributed by atoms with Crippen molar-refractivity contribution in [1.82, 2.24) is 0 Å². The first-order chi connectivity index (χ1) is 10.7. The topological polar surface area (TPSA) is 0 Å². The minimum atomic E-state index is 0.0561. The van der Waals surface area contributed by atoms with Gasteiger partial charge in [-0.05, 0) is 44.0 Å². The second-order valence-electron chi connectivity index (χ2n) is 6.67. The van der Waals surface area contributed by atoms with Gasteiger partial charge in [0.2, 0.25) is 0 Å². The van der Waals surface area contributed by atoms with Crippen molar-refractivity contribution in [2.45, 2.75) is 51.4 Å². The molecule has 0 aromatic heterocycles. The lowest BCUT2D eigenvalue weighted by Gasteiger charge is -2.26. The second-order valence-corrected chi connectivity index (χ2v) is 9.39. The van der Waals surface area contributed by atoms with Gasteiger partial charge in [-0.3, -0.25) is 0 Å². The lowest BCUT2D eigenvalue weighted by molar-refractivity contribution is 0.765. The number of hydrogen-bond acceptors (Lipinski definition) is 0. The van der Waals surface area contributed by atoms with Crippen molar-refractivity contribution >= 4 is 7.92 Å². The van der Waals surface area contributed by atoms with Crippen molar-refractivity contribution < 1.29 is 0 Å². The highest BCUT2D eigenvalue weighted by Crippen LogP contribution is 2.70. The molecule has 0 saturated carbocycles. The lowest BCUT2D eigenvalue weighted by Crippen LogP contribution is -1.98. The molecule has 2 aromatic carbocycles. The normalized spacial score (nSPS) is 24.6. The maximum Gasteiger partial charge on any atom is 0.00476 e. The maximum absolute atomic E-state index is 2.38. The number of aryl methyl sites for hydroxylation is 2. The largest absolute Gasteiger partial charge is 0.0913 e. The first kappa shape index (κ1) is 15.8. The Hall–Kier alpha value is -1.13. The Bertz CT molecular complexity index is 543. The Balaban J connectivity index is 1.87. The van der Waals surface area contributed by atoms with E-state index in [1.54, 1.807) is 11.1 Å². The van der Waals surface area contributed by atoms with E-state index in [0.29, 0.717) is 0 Å². The highest BCUT2D eigenvalue weighted by Gasteiger charge is 2.36. The molecule has 2 unspecified atom stereocenters. The van der Waals surface area contributed by atoms with E-state index in [1.165, 1.54) is 36.6 Å². The van der Waals surface area contributed by atoms with Gasteiger partial charge in [0.15, 0.2) is 0 Å². The molecule has 22 heavy (non-hydrogen) atoms. The van der Waals surface area contributed by atoms with Crippen molar-refractivity contribution in [1.29, 1.82) is 0 Å². The SMILES string of the molecule is CCCP1C(c2ccc(C)cc2)CCC1c1ccc(C)cc1. The Morgan fingerprint density at radius 1 is 0.773 bits per heavy atom. The fraction of sp³-hybridized carbons (Fsp3) is 0.429. The summed E-state index contributed by atoms with van der Waals surface area (Å²) in [6.07, 6.45) is 5.46. The first-order valence-corrected chi connectivity index (χ1v) is 10.2. The molecule has 1 fully saturated rings. The minimum absolute atomic E-state index is 0.0561. The molecule has 0 amide bonds. The number of hydrogen-bond donors (Lipinski definition) is 0. The van der Waals surface area contributed by atoms with Crippen LogP contribution in [-0.2, 0) is 0 Å². The summed E-state index contributed by atoms with van der Waals surface area (Å²) < 4.78 is 0. The molecule has 3 rings (SSSR count). The van der Waals surface area contributed by atoms with E-state index in [1.807, 2.05) is 0 Å². The van der Waals surface area contributed by atoms with Gasteiger partial charge in [0.1, 0.15) is 0 Å². The van der Waals surface area contributed by atoms with Crippen molar-refractivity contribution in [3.8, 4) is 0 Å². The summed E-state index contributed by atoms with van der Waals surface area (Å²) >= 11 is 0. The Labute approximate surface area is 136 Å². The van der Waals surface area contributed by atoms with Gasteiger partial charge < -0.3 is 0 Å². The molecule has 1 aliphatic rings. The molecule has 1 heterocycles. The Morgan fingerprint density at radius 2 is 1.18 bits per heavy atom. The van der Waals surface area contributed by atoms with Crippen LogP contribution < -0.4 is 0 Å². The van der Waals surface area contributed by atoms with E-state index < -0.39 is 0 Å². The Morgan fingerprint density at radius 3 is 1.55 bits per heavy atom. The van der Waals surface area contributed by atoms with Crippen LogP contribution in [0.5, 0.6) is 0 Å². The molecule has 0 aliphatic carbocycles. The smallest absolute Gasteiger partial charge is 0.00476 e. The van der Waals surface area contributed by atoms with E-state index >= 15 is 0 Å². The first-order valence-electron chi connectivity index (χ1n) is 8.58. The van der Waals surface area contributed by atoms with Crippen LogP contribution >= 0.6 is 7.92 Å². The predicted molar refractivity (Wildman–Crippen MR) is 99.2 cm³/mol. The third-order valence-electron chi connectivity index (χ3n) is 4.92. The summed E-state index contributed by atoms with van der Waals surface area (Å²) in [4.78, 5) is 0. The lowest BCUT2D eigenvalue weighted by atomic mass is 10.0. The van der Waals surface area contributed by atoms with Gasteiger partial charge in [0, 0.05) is 11.3 Å². The van der Waals surface area contributed by atoms with Gasteiger partial charge >= 0.3 is 0 Å². The van der Waals surface area contributed by atoms with Gasteiger partial charge in [-0.2, -0.15) is 0 Å². The molecule has 1 heteroatoms. The standard InChI is InChI=1S/C21H27P/c1-4-15-22-20(18-9-5-16(2)6-10-18)13-14-21(22)19-11-7-17(3)8-12-19/h5-12,20-21H,4,13-15H2,1-3H3. The zero-order chi connectivity index (χ0) is 15.5. The molecule has 2 atom stereocenters. The van der Waals surface area contributed by atoms with Crippen molar-refractivity contribution in [3.05, 3.63) is 70.8 Å². The number of benzene rings is 2. The molecule has 0 nitrogen and oxygen atoms in total. The van der Waals surface area contributed by atoms with E-state index in [-0.39, 0.29) is 7.92 Å². The van der Waals surface area contributed by atoms with E-state index in [0.717, 1.165) is 11.3 Å². The third kappa shape index (κ3) is 3.28. The molecule has 116 valence electrons. The molecule has 0 N–H and O–H groups in total. The van der Waals surface area contributed by atoms with E-state index in [9.17, 15) is 0 Å². The van der Waals surface area contributed by atoms with Crippen molar-refractivity contribution in [2.75, 3.05) is 6.16 Å². The average Bonchev–Trinajstić information content (AvgIpc) is 2.93. The molecule has 2 aromatic rings. The zero-order valence-corrected chi connectivity index (χ0v) is 14.9. The highest BCUT2D eigenvalue weighted by atomic mass is 31.1. The third-order valence-corrected chi connectivity index (χ3v) is 8.60. The van der Waals surface area contributed by atoms with Gasteiger partial charge in [0.25, 0.3) is 0 Å². The molecular formula is C21H27P. The van der Waals surface area contributed by atoms with Crippen LogP contribution in [0.15, 0.2) is 48.5 Å². The number of rotatable bonds is 4. The van der Waals surface area contributed by atoms with Crippen molar-refractivity contribution in [2.24, 2.45) is 0 Å². The molecule has 1 saturated heterocycles. The minimum Gasteiger partial charge on any atom is -0.0913 e. The summed E-state index contributed by atoms with van der Waals surface area (Å²) in [5.41, 5.74) is 7.52. The fourth-order valence-electron chi connectivity index (χ4n) is 3.73. The van der Waals surface area contributed by atoms with Crippen LogP contribution in [0.4, 0.5) is 0 Å². The maximum atomic E-state index is 2.38. The highest BCUT2D eigenvalue weighted by molar-refractivity contribution is 7.58. The van der Waals surface area contributed by atoms with Gasteiger partial charge in [-0.1, -0.05) is 80.9 Å². The summed E-state index contributed by atoms with van der Waals surface area (Å²) in [6.45, 7) is 6.71. The van der Waals surface area contributed by atoms with Gasteiger partial charge in [-0.25, -0.2) is 0 Å². The monoisotopic (exact) mass is 310 g/mol. The summed E-state index contributed by atoms with van der Waals surface area (Å²) in [7, 11) is 0.0561. The molecular weight excluding hydrogens is 283 g/mol. The fourth-order valence-corrected chi connectivity index (χ4v) is 7.37. The van der Waals surface area contributed by atoms with Crippen LogP contribution in [0.25, 0.3) is 0 Å². The molecule has 0 spiro atoms. The summed E-state index contributed by atoms with van der Waals surface area (Å²) in [6, 6.07) is 18.7. The van der Waals surface area contributed by atoms with E-state index in [2.05, 4.69) is 69.3 Å². The van der Waals surface area contributed by atoms with Crippen LogP contribution in [-0.4, -0.2) is 6.16 Å². The van der Waals surface area contributed by atoms with Crippen LogP contribution in [0.2, 0.25) is 0 Å². The zero-order valence-electron chi connectivity index (χ0n) is 14.0. The molecule has 0 bridgehead atoms. The Kier molecular flexibility index (Phi) is 4.99. The quantitative estimate of drug-likeness (QED) is 0.546. The summed E-state index contributed by atoms with van der Waals surface area (Å²) in [5.74, 6) is 0. The molecule has 0 radical (unpaired) electrons. The second kappa shape index (κ2) is 6.97. The summed E-state index contributed by atoms with van der Waals surface area (Å²) in [5, 5.41) is 0. The van der Waals surface area contributed by atoms with E-state index in [4.69, 9.17) is 0 Å². The predicted octanol–water partition coefficient (Wildman–Crippen LogP) is 6.77. The average molecular weight is 310 g/mol. The van der Waals surface area contributed by atoms with Crippen LogP contribution in [0.1, 0.15) is 59.8 Å². The van der Waals surface area contributed by atoms with Crippen molar-refractivity contribution in [3.63, 3.8) is 0 Å². The van der Waals surface area contributed by atoms with Crippen LogP contribution in [0.3, 0.4) is 0 Å². The van der Waals surface area contributed by atoms with Gasteiger partial charge in [0.05, 0.1) is 0 Å². The molecule has 1 aliphatic heterocycles. The van der Waals surface area contributed by atoms with Crippen LogP contribution in [0, 0.1) is 13.8 Å². The van der Waals surface area contributed by atoms with Gasteiger partial charge in [-0.15, -0.1) is 0 Å².